The molecule has 3 nitrogen and oxygen atoms in total. The van der Waals surface area contributed by atoms with Gasteiger partial charge in [0.2, 0.25) is 0 Å². The van der Waals surface area contributed by atoms with Crippen LogP contribution in [-0.2, 0) is 0 Å². The van der Waals surface area contributed by atoms with Crippen LogP contribution in [0.4, 0.5) is 0 Å². The van der Waals surface area contributed by atoms with E-state index in [1.54, 1.807) is 6.07 Å². The molecule has 0 bridgehead atoms. The first-order valence-corrected chi connectivity index (χ1v) is 18.0. The Labute approximate surface area is 280 Å². The minimum Gasteiger partial charge on any atom is -0.308 e. The van der Waals surface area contributed by atoms with Crippen LogP contribution in [0.2, 0.25) is 0 Å². The number of hydrogen-bond acceptors (Lipinski definition) is 2. The average Bonchev–Trinajstić information content (AvgIpc) is 3.50. The molecule has 0 saturated heterocycles. The maximum atomic E-state index is 10.5. The normalized spacial score (nSPS) is 11.3. The monoisotopic (exact) mass is 627 g/mol. The average molecular weight is 628 g/mol. The Kier molecular flexibility index (Phi) is 7.27. The minimum atomic E-state index is -2.79. The molecule has 0 aliphatic rings. The van der Waals surface area contributed by atoms with Gasteiger partial charge in [0.25, 0.3) is 0 Å². The Morgan fingerprint density at radius 2 is 0.875 bits per heavy atom. The summed E-state index contributed by atoms with van der Waals surface area (Å²) >= 11 is 0. The van der Waals surface area contributed by atoms with Crippen molar-refractivity contribution in [1.82, 2.24) is 4.57 Å². The number of benzene rings is 7. The summed E-state index contributed by atoms with van der Waals surface area (Å²) < 4.78 is 2.16. The van der Waals surface area contributed by atoms with E-state index in [4.69, 9.17) is 0 Å². The summed E-state index contributed by atoms with van der Waals surface area (Å²) in [5, 5.41) is 28.2. The van der Waals surface area contributed by atoms with E-state index in [2.05, 4.69) is 156 Å². The van der Waals surface area contributed by atoms with E-state index in [1.165, 1.54) is 20.7 Å². The molecule has 0 aliphatic heterocycles. The van der Waals surface area contributed by atoms with Crippen LogP contribution in [0.25, 0.3) is 38.6 Å². The highest BCUT2D eigenvalue weighted by atomic mass is 28.3. The van der Waals surface area contributed by atoms with Crippen LogP contribution in [0.15, 0.2) is 176 Å². The van der Waals surface area contributed by atoms with Crippen molar-refractivity contribution in [2.75, 3.05) is 0 Å². The summed E-state index contributed by atoms with van der Waals surface area (Å²) in [7, 11) is -2.79. The van der Waals surface area contributed by atoms with Crippen molar-refractivity contribution in [1.29, 1.82) is 10.5 Å². The standard InChI is InChI=1S/C44H29N3Si/c45-30-33-27-34(31-46)44(47-42-25-12-10-23-39(42)40-24-11-13-26-43(40)47)29-41(33)32-15-14-22-38(28-32)48(35-16-4-1-5-17-35,36-18-6-2-7-19-36)37-20-8-3-9-21-37/h1-29H. The smallest absolute Gasteiger partial charge is 0.179 e. The molecule has 7 aromatic carbocycles. The van der Waals surface area contributed by atoms with Crippen LogP contribution in [-0.4, -0.2) is 12.6 Å². The highest BCUT2D eigenvalue weighted by Gasteiger charge is 2.41. The summed E-state index contributed by atoms with van der Waals surface area (Å²) in [6.45, 7) is 0. The lowest BCUT2D eigenvalue weighted by Gasteiger charge is -2.34. The number of nitrogens with zero attached hydrogens (tertiary/aromatic N) is 3. The topological polar surface area (TPSA) is 52.5 Å². The van der Waals surface area contributed by atoms with Gasteiger partial charge in [-0.05, 0) is 50.6 Å². The lowest BCUT2D eigenvalue weighted by atomic mass is 9.96. The van der Waals surface area contributed by atoms with Crippen molar-refractivity contribution in [3.05, 3.63) is 187 Å². The predicted octanol–water partition coefficient (Wildman–Crippen LogP) is 7.57. The molecule has 0 aliphatic carbocycles. The van der Waals surface area contributed by atoms with Gasteiger partial charge in [-0.3, -0.25) is 0 Å². The van der Waals surface area contributed by atoms with E-state index in [0.717, 1.165) is 38.6 Å². The maximum absolute atomic E-state index is 10.5. The third kappa shape index (κ3) is 4.55. The van der Waals surface area contributed by atoms with E-state index in [0.29, 0.717) is 11.1 Å². The van der Waals surface area contributed by atoms with Crippen LogP contribution >= 0.6 is 0 Å². The molecule has 0 N–H and O–H groups in total. The zero-order valence-corrected chi connectivity index (χ0v) is 27.1. The second-order valence-electron chi connectivity index (χ2n) is 11.9. The highest BCUT2D eigenvalue weighted by Crippen LogP contribution is 2.36. The van der Waals surface area contributed by atoms with Crippen molar-refractivity contribution >= 4 is 50.6 Å². The van der Waals surface area contributed by atoms with E-state index >= 15 is 0 Å². The Balaban J connectivity index is 1.42. The van der Waals surface area contributed by atoms with Crippen molar-refractivity contribution < 1.29 is 0 Å². The molecule has 8 aromatic rings. The van der Waals surface area contributed by atoms with Crippen LogP contribution in [0.1, 0.15) is 11.1 Å². The number of para-hydroxylation sites is 2. The van der Waals surface area contributed by atoms with Gasteiger partial charge in [-0.25, -0.2) is 0 Å². The Morgan fingerprint density at radius 3 is 1.38 bits per heavy atom. The number of rotatable bonds is 6. The van der Waals surface area contributed by atoms with Crippen molar-refractivity contribution in [2.45, 2.75) is 0 Å². The molecule has 0 atom stereocenters. The second kappa shape index (κ2) is 12.0. The molecular weight excluding hydrogens is 599 g/mol. The molecule has 0 amide bonds. The van der Waals surface area contributed by atoms with Crippen molar-refractivity contribution in [3.63, 3.8) is 0 Å². The van der Waals surface area contributed by atoms with E-state index < -0.39 is 8.07 Å². The molecule has 0 saturated carbocycles. The van der Waals surface area contributed by atoms with Gasteiger partial charge in [0.05, 0.1) is 33.9 Å². The first-order valence-electron chi connectivity index (χ1n) is 16.0. The number of nitriles is 2. The van der Waals surface area contributed by atoms with Gasteiger partial charge in [0.1, 0.15) is 6.07 Å². The SMILES string of the molecule is N#Cc1cc(C#N)c(-n2c3ccccc3c3ccccc32)cc1-c1cccc([Si](c2ccccc2)(c2ccccc2)c2ccccc2)c1. The Morgan fingerprint density at radius 1 is 0.417 bits per heavy atom. The first kappa shape index (κ1) is 29.0. The zero-order valence-electron chi connectivity index (χ0n) is 26.1. The number of hydrogen-bond donors (Lipinski definition) is 0. The molecule has 0 unspecified atom stereocenters. The van der Waals surface area contributed by atoms with Crippen LogP contribution in [0.3, 0.4) is 0 Å². The van der Waals surface area contributed by atoms with Gasteiger partial charge < -0.3 is 4.57 Å². The summed E-state index contributed by atoms with van der Waals surface area (Å²) in [6, 6.07) is 66.3. The largest absolute Gasteiger partial charge is 0.308 e. The minimum absolute atomic E-state index is 0.458. The lowest BCUT2D eigenvalue weighted by molar-refractivity contribution is 1.17. The third-order valence-corrected chi connectivity index (χ3v) is 14.2. The van der Waals surface area contributed by atoms with Crippen LogP contribution in [0, 0.1) is 22.7 Å². The van der Waals surface area contributed by atoms with Gasteiger partial charge >= 0.3 is 0 Å². The molecule has 0 fully saturated rings. The first-order chi connectivity index (χ1) is 23.7. The Bertz CT molecular complexity index is 2370. The van der Waals surface area contributed by atoms with Crippen LogP contribution in [0.5, 0.6) is 0 Å². The van der Waals surface area contributed by atoms with Gasteiger partial charge in [0, 0.05) is 16.3 Å². The fourth-order valence-electron chi connectivity index (χ4n) is 7.36. The molecule has 1 aromatic heterocycles. The molecule has 0 radical (unpaired) electrons. The quantitative estimate of drug-likeness (QED) is 0.141. The molecule has 8 rings (SSSR count). The predicted molar refractivity (Wildman–Crippen MR) is 199 cm³/mol. The van der Waals surface area contributed by atoms with Crippen LogP contribution < -0.4 is 20.7 Å². The van der Waals surface area contributed by atoms with Gasteiger partial charge in [-0.2, -0.15) is 10.5 Å². The van der Waals surface area contributed by atoms with E-state index in [9.17, 15) is 10.5 Å². The van der Waals surface area contributed by atoms with Gasteiger partial charge in [0.15, 0.2) is 8.07 Å². The van der Waals surface area contributed by atoms with E-state index in [-0.39, 0.29) is 0 Å². The van der Waals surface area contributed by atoms with Gasteiger partial charge in [-0.15, -0.1) is 0 Å². The zero-order chi connectivity index (χ0) is 32.5. The molecule has 224 valence electrons. The summed E-state index contributed by atoms with van der Waals surface area (Å²) in [6.07, 6.45) is 0. The molecule has 4 heteroatoms. The number of fused-ring (bicyclic) bond motifs is 3. The van der Waals surface area contributed by atoms with E-state index in [1.807, 2.05) is 30.3 Å². The maximum Gasteiger partial charge on any atom is 0.179 e. The summed E-state index contributed by atoms with van der Waals surface area (Å²) in [5.74, 6) is 0. The fraction of sp³-hybridized carbons (Fsp3) is 0. The second-order valence-corrected chi connectivity index (χ2v) is 15.7. The fourth-order valence-corrected chi connectivity index (χ4v) is 12.2. The molecular formula is C44H29N3Si. The third-order valence-electron chi connectivity index (χ3n) is 9.42. The molecule has 48 heavy (non-hydrogen) atoms. The number of aromatic nitrogens is 1. The Hall–Kier alpha value is -6.46. The van der Waals surface area contributed by atoms with Crippen molar-refractivity contribution in [2.24, 2.45) is 0 Å². The summed E-state index contributed by atoms with van der Waals surface area (Å²) in [5.41, 5.74) is 5.46. The summed E-state index contributed by atoms with van der Waals surface area (Å²) in [4.78, 5) is 0. The lowest BCUT2D eigenvalue weighted by Crippen LogP contribution is -2.74. The highest BCUT2D eigenvalue weighted by molar-refractivity contribution is 7.19. The van der Waals surface area contributed by atoms with Gasteiger partial charge in [-0.1, -0.05) is 152 Å². The van der Waals surface area contributed by atoms with Crippen molar-refractivity contribution in [3.8, 4) is 29.0 Å². The molecule has 0 spiro atoms. The molecule has 1 heterocycles.